The van der Waals surface area contributed by atoms with E-state index < -0.39 is 0 Å². The first-order valence-corrected chi connectivity index (χ1v) is 5.24. The van der Waals surface area contributed by atoms with E-state index in [0.717, 1.165) is 0 Å². The van der Waals surface area contributed by atoms with Gasteiger partial charge < -0.3 is 0 Å². The van der Waals surface area contributed by atoms with E-state index in [2.05, 4.69) is 52.4 Å². The molecule has 1 unspecified atom stereocenters. The van der Waals surface area contributed by atoms with E-state index in [-0.39, 0.29) is 0 Å². The fraction of sp³-hybridized carbons (Fsp3) is 1.00. The summed E-state index contributed by atoms with van der Waals surface area (Å²) in [5.41, 5.74) is 6.74. The maximum atomic E-state index is 3.33. The molecule has 0 aromatic heterocycles. The molecule has 1 rings (SSSR count). The maximum absolute atomic E-state index is 3.33. The highest BCUT2D eigenvalue weighted by atomic mass is 15.7. The molecule has 1 aliphatic rings. The fourth-order valence-electron chi connectivity index (χ4n) is 2.72. The molecule has 1 heterocycles. The quantitative estimate of drug-likeness (QED) is 0.509. The number of nitrogens with two attached hydrogens (primary N) is 1. The number of hydrogen-bond donors (Lipinski definition) is 2. The molecule has 3 N–H and O–H groups in total. The molecule has 0 saturated carbocycles. The first kappa shape index (κ1) is 11.0. The standard InChI is InChI=1S/C11H24N2/c1-9(2,3)7-10(4,5)8-11(6)12-13-11/h12-13H,7-8H2,1-6H3/p+1. The van der Waals surface area contributed by atoms with Gasteiger partial charge in [0, 0.05) is 13.3 Å². The van der Waals surface area contributed by atoms with Gasteiger partial charge in [-0.3, -0.25) is 0 Å². The molecule has 1 aliphatic heterocycles. The second kappa shape index (κ2) is 2.96. The van der Waals surface area contributed by atoms with Crippen LogP contribution < -0.4 is 10.9 Å². The SMILES string of the molecule is CC(C)(C)CC(C)(C)CC1(C)N[NH2+]1. The first-order chi connectivity index (χ1) is 5.62. The van der Waals surface area contributed by atoms with Crippen molar-refractivity contribution < 1.29 is 5.43 Å². The van der Waals surface area contributed by atoms with Crippen molar-refractivity contribution in [3.63, 3.8) is 0 Å². The summed E-state index contributed by atoms with van der Waals surface area (Å²) in [5.74, 6) is 0. The highest BCUT2D eigenvalue weighted by molar-refractivity contribution is 4.84. The molecule has 2 heteroatoms. The van der Waals surface area contributed by atoms with Crippen molar-refractivity contribution in [3.8, 4) is 0 Å². The summed E-state index contributed by atoms with van der Waals surface area (Å²) in [4.78, 5) is 0. The van der Waals surface area contributed by atoms with E-state index in [0.29, 0.717) is 16.5 Å². The number of nitrogens with one attached hydrogen (secondary N) is 1. The molecule has 13 heavy (non-hydrogen) atoms. The first-order valence-electron chi connectivity index (χ1n) is 5.24. The second-order valence-corrected chi connectivity index (χ2v) is 6.78. The normalized spacial score (nSPS) is 29.1. The van der Waals surface area contributed by atoms with Gasteiger partial charge in [0.05, 0.1) is 0 Å². The van der Waals surface area contributed by atoms with Gasteiger partial charge in [-0.1, -0.05) is 34.6 Å². The third-order valence-electron chi connectivity index (χ3n) is 2.49. The van der Waals surface area contributed by atoms with E-state index >= 15 is 0 Å². The predicted octanol–water partition coefficient (Wildman–Crippen LogP) is 1.64. The third-order valence-corrected chi connectivity index (χ3v) is 2.49. The molecule has 0 amide bonds. The van der Waals surface area contributed by atoms with Gasteiger partial charge in [-0.15, -0.1) is 5.43 Å². The maximum Gasteiger partial charge on any atom is 0.206 e. The minimum atomic E-state index is 0.328. The summed E-state index contributed by atoms with van der Waals surface area (Å²) >= 11 is 0. The molecular formula is C11H25N2+. The van der Waals surface area contributed by atoms with E-state index in [4.69, 9.17) is 0 Å². The number of quaternary nitrogens is 1. The monoisotopic (exact) mass is 185 g/mol. The molecule has 78 valence electrons. The van der Waals surface area contributed by atoms with Crippen molar-refractivity contribution in [1.29, 1.82) is 0 Å². The smallest absolute Gasteiger partial charge is 0.206 e. The summed E-state index contributed by atoms with van der Waals surface area (Å²) in [6.45, 7) is 14.0. The van der Waals surface area contributed by atoms with Gasteiger partial charge in [0.15, 0.2) is 0 Å². The van der Waals surface area contributed by atoms with Gasteiger partial charge in [0.25, 0.3) is 0 Å². The number of hydrogen-bond acceptors (Lipinski definition) is 1. The van der Waals surface area contributed by atoms with Crippen LogP contribution in [-0.2, 0) is 0 Å². The van der Waals surface area contributed by atoms with Crippen LogP contribution in [0, 0.1) is 10.8 Å². The molecular weight excluding hydrogens is 160 g/mol. The van der Waals surface area contributed by atoms with Gasteiger partial charge in [-0.05, 0) is 17.3 Å². The van der Waals surface area contributed by atoms with Crippen LogP contribution in [0.25, 0.3) is 0 Å². The lowest BCUT2D eigenvalue weighted by atomic mass is 9.73. The van der Waals surface area contributed by atoms with Crippen molar-refractivity contribution in [2.45, 2.75) is 60.0 Å². The lowest BCUT2D eigenvalue weighted by Crippen LogP contribution is -2.67. The molecule has 0 spiro atoms. The van der Waals surface area contributed by atoms with E-state index in [1.807, 2.05) is 0 Å². The van der Waals surface area contributed by atoms with Crippen LogP contribution in [0.5, 0.6) is 0 Å². The molecule has 1 saturated heterocycles. The Balaban J connectivity index is 2.46. The molecule has 0 radical (unpaired) electrons. The average molecular weight is 185 g/mol. The predicted molar refractivity (Wildman–Crippen MR) is 55.9 cm³/mol. The van der Waals surface area contributed by atoms with Crippen LogP contribution in [-0.4, -0.2) is 5.66 Å². The molecule has 1 fully saturated rings. The summed E-state index contributed by atoms with van der Waals surface area (Å²) in [5, 5.41) is 0. The van der Waals surface area contributed by atoms with Crippen LogP contribution in [0.3, 0.4) is 0 Å². The lowest BCUT2D eigenvalue weighted by molar-refractivity contribution is -0.550. The van der Waals surface area contributed by atoms with Gasteiger partial charge >= 0.3 is 0 Å². The van der Waals surface area contributed by atoms with E-state index in [9.17, 15) is 0 Å². The Morgan fingerprint density at radius 2 is 1.62 bits per heavy atom. The Labute approximate surface area is 82.5 Å². The Bertz CT molecular complexity index is 176. The van der Waals surface area contributed by atoms with Crippen LogP contribution in [0.15, 0.2) is 0 Å². The zero-order valence-corrected chi connectivity index (χ0v) is 9.99. The van der Waals surface area contributed by atoms with Gasteiger partial charge in [-0.2, -0.15) is 0 Å². The van der Waals surface area contributed by atoms with E-state index in [1.165, 1.54) is 12.8 Å². The summed E-state index contributed by atoms with van der Waals surface area (Å²) in [6.07, 6.45) is 2.53. The van der Waals surface area contributed by atoms with Crippen LogP contribution in [0.1, 0.15) is 54.4 Å². The Morgan fingerprint density at radius 1 is 1.15 bits per heavy atom. The third kappa shape index (κ3) is 4.10. The zero-order valence-electron chi connectivity index (χ0n) is 9.99. The van der Waals surface area contributed by atoms with E-state index in [1.54, 1.807) is 0 Å². The summed E-state index contributed by atoms with van der Waals surface area (Å²) in [7, 11) is 0. The van der Waals surface area contributed by atoms with Crippen LogP contribution in [0.4, 0.5) is 0 Å². The van der Waals surface area contributed by atoms with Crippen LogP contribution in [0.2, 0.25) is 0 Å². The molecule has 2 nitrogen and oxygen atoms in total. The Kier molecular flexibility index (Phi) is 2.50. The molecule has 0 aromatic carbocycles. The van der Waals surface area contributed by atoms with Gasteiger partial charge in [-0.25, -0.2) is 5.43 Å². The van der Waals surface area contributed by atoms with Gasteiger partial charge in [0.1, 0.15) is 0 Å². The zero-order chi connectivity index (χ0) is 10.3. The highest BCUT2D eigenvalue weighted by Gasteiger charge is 2.48. The average Bonchev–Trinajstić information content (AvgIpc) is 2.36. The minimum Gasteiger partial charge on any atom is -0.242 e. The van der Waals surface area contributed by atoms with Crippen molar-refractivity contribution in [1.82, 2.24) is 5.43 Å². The lowest BCUT2D eigenvalue weighted by Gasteiger charge is -2.32. The molecule has 0 bridgehead atoms. The molecule has 0 aliphatic carbocycles. The van der Waals surface area contributed by atoms with Crippen molar-refractivity contribution in [2.75, 3.05) is 0 Å². The number of rotatable bonds is 3. The Hall–Kier alpha value is -0.0800. The summed E-state index contributed by atoms with van der Waals surface area (Å²) < 4.78 is 0. The topological polar surface area (TPSA) is 38.5 Å². The van der Waals surface area contributed by atoms with Crippen molar-refractivity contribution in [3.05, 3.63) is 0 Å². The van der Waals surface area contributed by atoms with Crippen LogP contribution >= 0.6 is 0 Å². The second-order valence-electron chi connectivity index (χ2n) is 6.78. The largest absolute Gasteiger partial charge is 0.242 e. The van der Waals surface area contributed by atoms with Crippen molar-refractivity contribution in [2.24, 2.45) is 10.8 Å². The fourth-order valence-corrected chi connectivity index (χ4v) is 2.72. The summed E-state index contributed by atoms with van der Waals surface area (Å²) in [6, 6.07) is 0. The molecule has 1 atom stereocenters. The van der Waals surface area contributed by atoms with Crippen molar-refractivity contribution >= 4 is 0 Å². The Morgan fingerprint density at radius 3 is 1.92 bits per heavy atom. The molecule has 0 aromatic rings. The van der Waals surface area contributed by atoms with Gasteiger partial charge in [0.2, 0.25) is 5.66 Å². The minimum absolute atomic E-state index is 0.328. The highest BCUT2D eigenvalue weighted by Crippen LogP contribution is 2.38.